The number of fused-ring (bicyclic) bond motifs is 3. The quantitative estimate of drug-likeness (QED) is 0.368. The zero-order valence-corrected chi connectivity index (χ0v) is 19.5. The van der Waals surface area contributed by atoms with Gasteiger partial charge >= 0.3 is 5.76 Å². The molecule has 0 bridgehead atoms. The number of thiophene rings is 1. The Hall–Kier alpha value is -1.78. The van der Waals surface area contributed by atoms with Gasteiger partial charge in [0.15, 0.2) is 5.16 Å². The third-order valence-corrected chi connectivity index (χ3v) is 9.14. The molecule has 166 valence electrons. The monoisotopic (exact) mass is 484 g/mol. The molecule has 0 spiro atoms. The standard InChI is InChI=1S/C21H22F2N2O3S3/c1-3-25-19(26)17-15-9-4-12(2)10-16(15)30-18(17)24-21(25)29-11-13-5-7-14(8-6-13)31(27,28)20(22)23/h5-8,12,20H,3-4,9-11H2,1-2H3. The summed E-state index contributed by atoms with van der Waals surface area (Å²) in [5.41, 5.74) is 1.90. The Labute approximate surface area is 187 Å². The number of halogens is 2. The highest BCUT2D eigenvalue weighted by molar-refractivity contribution is 7.98. The van der Waals surface area contributed by atoms with Crippen LogP contribution in [0, 0.1) is 5.92 Å². The van der Waals surface area contributed by atoms with Crippen molar-refractivity contribution in [3.63, 3.8) is 0 Å². The van der Waals surface area contributed by atoms with Gasteiger partial charge < -0.3 is 0 Å². The SMILES string of the molecule is CCn1c(SCc2ccc(S(=O)(=O)C(F)F)cc2)nc2sc3c(c2c1=O)CCC(C)C3. The smallest absolute Gasteiger partial charge is 0.287 e. The summed E-state index contributed by atoms with van der Waals surface area (Å²) < 4.78 is 50.2. The summed E-state index contributed by atoms with van der Waals surface area (Å²) in [6.45, 7) is 4.63. The first-order chi connectivity index (χ1) is 14.7. The fourth-order valence-corrected chi connectivity index (χ4v) is 6.98. The van der Waals surface area contributed by atoms with Crippen molar-refractivity contribution in [2.45, 2.75) is 61.2 Å². The van der Waals surface area contributed by atoms with Gasteiger partial charge in [0.25, 0.3) is 5.56 Å². The molecule has 3 aromatic rings. The zero-order chi connectivity index (χ0) is 22.3. The van der Waals surface area contributed by atoms with Gasteiger partial charge in [0.1, 0.15) is 4.83 Å². The minimum Gasteiger partial charge on any atom is -0.287 e. The summed E-state index contributed by atoms with van der Waals surface area (Å²) in [6.07, 6.45) is 2.98. The first-order valence-corrected chi connectivity index (χ1v) is 13.4. The van der Waals surface area contributed by atoms with E-state index in [1.165, 1.54) is 40.9 Å². The second kappa shape index (κ2) is 8.63. The van der Waals surface area contributed by atoms with Crippen molar-refractivity contribution in [2.75, 3.05) is 0 Å². The molecule has 31 heavy (non-hydrogen) atoms. The van der Waals surface area contributed by atoms with E-state index in [0.29, 0.717) is 23.4 Å². The maximum Gasteiger partial charge on any atom is 0.341 e. The van der Waals surface area contributed by atoms with Crippen LogP contribution in [0.2, 0.25) is 0 Å². The summed E-state index contributed by atoms with van der Waals surface area (Å²) in [5, 5.41) is 1.36. The Morgan fingerprint density at radius 2 is 2.00 bits per heavy atom. The van der Waals surface area contributed by atoms with Crippen LogP contribution >= 0.6 is 23.1 Å². The third-order valence-electron chi connectivity index (χ3n) is 5.55. The fourth-order valence-electron chi connectivity index (χ4n) is 3.82. The molecular formula is C21H22F2N2O3S3. The maximum absolute atomic E-state index is 13.2. The predicted octanol–water partition coefficient (Wildman–Crippen LogP) is 4.89. The molecule has 0 saturated carbocycles. The fraction of sp³-hybridized carbons (Fsp3) is 0.429. The summed E-state index contributed by atoms with van der Waals surface area (Å²) >= 11 is 2.99. The van der Waals surface area contributed by atoms with Crippen LogP contribution in [-0.2, 0) is 35.0 Å². The van der Waals surface area contributed by atoms with E-state index in [0.717, 1.165) is 40.6 Å². The molecule has 0 amide bonds. The summed E-state index contributed by atoms with van der Waals surface area (Å²) in [7, 11) is -4.60. The van der Waals surface area contributed by atoms with Crippen molar-refractivity contribution in [1.29, 1.82) is 0 Å². The molecule has 1 aliphatic carbocycles. The van der Waals surface area contributed by atoms with E-state index in [1.54, 1.807) is 15.9 Å². The second-order valence-corrected chi connectivity index (χ2v) is 11.7. The van der Waals surface area contributed by atoms with Crippen LogP contribution in [-0.4, -0.2) is 23.7 Å². The Bertz CT molecular complexity index is 1280. The number of sulfone groups is 1. The highest BCUT2D eigenvalue weighted by atomic mass is 32.2. The first kappa shape index (κ1) is 22.4. The molecular weight excluding hydrogens is 462 g/mol. The van der Waals surface area contributed by atoms with E-state index in [1.807, 2.05) is 6.92 Å². The lowest BCUT2D eigenvalue weighted by atomic mass is 9.89. The maximum atomic E-state index is 13.2. The predicted molar refractivity (Wildman–Crippen MR) is 120 cm³/mol. The van der Waals surface area contributed by atoms with E-state index in [4.69, 9.17) is 4.98 Å². The Kier molecular flexibility index (Phi) is 6.24. The molecule has 10 heteroatoms. The van der Waals surface area contributed by atoms with E-state index in [9.17, 15) is 22.0 Å². The molecule has 1 aromatic carbocycles. The minimum absolute atomic E-state index is 0.0135. The van der Waals surface area contributed by atoms with Crippen molar-refractivity contribution in [3.8, 4) is 0 Å². The molecule has 0 saturated heterocycles. The largest absolute Gasteiger partial charge is 0.341 e. The van der Waals surface area contributed by atoms with Gasteiger partial charge in [0.2, 0.25) is 9.84 Å². The first-order valence-electron chi connectivity index (χ1n) is 10.0. The number of thioether (sulfide) groups is 1. The average molecular weight is 485 g/mol. The minimum atomic E-state index is -4.60. The van der Waals surface area contributed by atoms with Crippen molar-refractivity contribution >= 4 is 43.2 Å². The molecule has 2 heterocycles. The van der Waals surface area contributed by atoms with E-state index in [2.05, 4.69) is 6.92 Å². The number of aryl methyl sites for hydroxylation is 1. The lowest BCUT2D eigenvalue weighted by Gasteiger charge is -2.17. The molecule has 5 nitrogen and oxygen atoms in total. The normalized spacial score (nSPS) is 16.7. The van der Waals surface area contributed by atoms with Crippen LogP contribution in [0.4, 0.5) is 8.78 Å². The third kappa shape index (κ3) is 4.17. The van der Waals surface area contributed by atoms with Crippen LogP contribution in [0.5, 0.6) is 0 Å². The van der Waals surface area contributed by atoms with Gasteiger partial charge in [0.05, 0.1) is 10.3 Å². The van der Waals surface area contributed by atoms with E-state index in [-0.39, 0.29) is 5.56 Å². The number of hydrogen-bond acceptors (Lipinski definition) is 6. The molecule has 0 N–H and O–H groups in total. The van der Waals surface area contributed by atoms with Gasteiger partial charge in [-0.05, 0) is 55.4 Å². The molecule has 1 aliphatic rings. The van der Waals surface area contributed by atoms with Gasteiger partial charge in [-0.2, -0.15) is 8.78 Å². The second-order valence-electron chi connectivity index (χ2n) is 7.71. The topological polar surface area (TPSA) is 69.0 Å². The summed E-state index contributed by atoms with van der Waals surface area (Å²) in [5.74, 6) is -2.39. The van der Waals surface area contributed by atoms with Gasteiger partial charge in [-0.25, -0.2) is 13.4 Å². The van der Waals surface area contributed by atoms with Gasteiger partial charge in [-0.3, -0.25) is 9.36 Å². The molecule has 0 fully saturated rings. The van der Waals surface area contributed by atoms with Gasteiger partial charge in [-0.1, -0.05) is 30.8 Å². The Morgan fingerprint density at radius 1 is 1.29 bits per heavy atom. The van der Waals surface area contributed by atoms with Gasteiger partial charge in [0, 0.05) is 17.2 Å². The lowest BCUT2D eigenvalue weighted by Crippen LogP contribution is -2.23. The number of alkyl halides is 2. The highest BCUT2D eigenvalue weighted by Gasteiger charge is 2.26. The number of rotatable bonds is 6. The average Bonchev–Trinajstić information content (AvgIpc) is 3.10. The van der Waals surface area contributed by atoms with Crippen molar-refractivity contribution in [2.24, 2.45) is 5.92 Å². The molecule has 0 aliphatic heterocycles. The molecule has 4 rings (SSSR count). The summed E-state index contributed by atoms with van der Waals surface area (Å²) in [4.78, 5) is 19.6. The van der Waals surface area contributed by atoms with Crippen molar-refractivity contribution in [3.05, 3.63) is 50.6 Å². The van der Waals surface area contributed by atoms with Crippen molar-refractivity contribution in [1.82, 2.24) is 9.55 Å². The van der Waals surface area contributed by atoms with E-state index < -0.39 is 20.5 Å². The van der Waals surface area contributed by atoms with Crippen LogP contribution in [0.25, 0.3) is 10.2 Å². The van der Waals surface area contributed by atoms with Crippen LogP contribution < -0.4 is 5.56 Å². The lowest BCUT2D eigenvalue weighted by molar-refractivity contribution is 0.234. The van der Waals surface area contributed by atoms with Crippen LogP contribution in [0.1, 0.15) is 36.3 Å². The number of aromatic nitrogens is 2. The number of hydrogen-bond donors (Lipinski definition) is 0. The van der Waals surface area contributed by atoms with Crippen LogP contribution in [0.3, 0.4) is 0 Å². The molecule has 1 atom stereocenters. The highest BCUT2D eigenvalue weighted by Crippen LogP contribution is 2.36. The van der Waals surface area contributed by atoms with Crippen molar-refractivity contribution < 1.29 is 17.2 Å². The molecule has 2 aromatic heterocycles. The zero-order valence-electron chi connectivity index (χ0n) is 17.1. The Balaban J connectivity index is 1.62. The number of benzene rings is 1. The number of nitrogens with zero attached hydrogens (tertiary/aromatic N) is 2. The molecule has 1 unspecified atom stereocenters. The molecule has 0 radical (unpaired) electrons. The van der Waals surface area contributed by atoms with Gasteiger partial charge in [-0.15, -0.1) is 11.3 Å². The Morgan fingerprint density at radius 3 is 2.65 bits per heavy atom. The van der Waals surface area contributed by atoms with E-state index >= 15 is 0 Å². The van der Waals surface area contributed by atoms with Crippen LogP contribution in [0.15, 0.2) is 39.1 Å². The summed E-state index contributed by atoms with van der Waals surface area (Å²) in [6, 6.07) is 5.41.